The fourth-order valence-corrected chi connectivity index (χ4v) is 4.29. The molecule has 1 aliphatic heterocycles. The van der Waals surface area contributed by atoms with Gasteiger partial charge in [-0.3, -0.25) is 14.4 Å². The van der Waals surface area contributed by atoms with E-state index >= 15 is 0 Å². The molecule has 1 aromatic heterocycles. The summed E-state index contributed by atoms with van der Waals surface area (Å²) in [6.45, 7) is 6.71. The number of carbonyl (C=O) groups excluding carboxylic acids is 1. The maximum Gasteiger partial charge on any atom is 0.416 e. The summed E-state index contributed by atoms with van der Waals surface area (Å²) in [7, 11) is 1.92. The molecule has 1 aromatic carbocycles. The number of piperidine rings is 1. The molecule has 2 heterocycles. The third kappa shape index (κ3) is 6.32. The average Bonchev–Trinajstić information content (AvgIpc) is 2.95. The molecule has 0 bridgehead atoms. The van der Waals surface area contributed by atoms with E-state index in [0.717, 1.165) is 49.8 Å². The predicted octanol–water partition coefficient (Wildman–Crippen LogP) is 4.02. The van der Waals surface area contributed by atoms with Gasteiger partial charge >= 0.3 is 6.18 Å². The number of hydrogen-bond donors (Lipinski definition) is 1. The molecular formula is C23H31F3N4O. The number of alkyl halides is 3. The van der Waals surface area contributed by atoms with Gasteiger partial charge in [0.15, 0.2) is 0 Å². The van der Waals surface area contributed by atoms with Crippen LogP contribution in [-0.4, -0.2) is 40.2 Å². The summed E-state index contributed by atoms with van der Waals surface area (Å²) in [5.41, 5.74) is 3.38. The highest BCUT2D eigenvalue weighted by molar-refractivity contribution is 5.76. The predicted molar refractivity (Wildman–Crippen MR) is 113 cm³/mol. The molecule has 2 aromatic rings. The van der Waals surface area contributed by atoms with Crippen LogP contribution in [0.3, 0.4) is 0 Å². The molecule has 1 saturated heterocycles. The van der Waals surface area contributed by atoms with E-state index in [1.807, 2.05) is 25.6 Å². The SMILES string of the molecule is Cc1nn(C)c(C)c1CCNC(=O)CC1CCN(Cc2cccc(C(F)(F)F)c2)CC1. The number of benzene rings is 1. The average molecular weight is 437 g/mol. The minimum absolute atomic E-state index is 0.0653. The van der Waals surface area contributed by atoms with E-state index < -0.39 is 11.7 Å². The van der Waals surface area contributed by atoms with Crippen molar-refractivity contribution in [1.82, 2.24) is 20.0 Å². The van der Waals surface area contributed by atoms with Crippen molar-refractivity contribution in [1.29, 1.82) is 0 Å². The Labute approximate surface area is 181 Å². The first kappa shape index (κ1) is 23.3. The number of amides is 1. The highest BCUT2D eigenvalue weighted by Gasteiger charge is 2.30. The summed E-state index contributed by atoms with van der Waals surface area (Å²) in [4.78, 5) is 14.5. The molecule has 0 saturated carbocycles. The van der Waals surface area contributed by atoms with Crippen LogP contribution in [-0.2, 0) is 31.0 Å². The first-order valence-corrected chi connectivity index (χ1v) is 10.8. The number of hydrogen-bond acceptors (Lipinski definition) is 3. The molecule has 0 atom stereocenters. The Kier molecular flexibility index (Phi) is 7.41. The van der Waals surface area contributed by atoms with Crippen LogP contribution in [0.4, 0.5) is 13.2 Å². The van der Waals surface area contributed by atoms with Crippen molar-refractivity contribution in [3.63, 3.8) is 0 Å². The summed E-state index contributed by atoms with van der Waals surface area (Å²) in [5.74, 6) is 0.384. The van der Waals surface area contributed by atoms with Crippen LogP contribution < -0.4 is 5.32 Å². The van der Waals surface area contributed by atoms with Gasteiger partial charge in [-0.2, -0.15) is 18.3 Å². The number of aryl methyl sites for hydroxylation is 2. The molecule has 5 nitrogen and oxygen atoms in total. The minimum Gasteiger partial charge on any atom is -0.356 e. The van der Waals surface area contributed by atoms with Crippen LogP contribution in [0, 0.1) is 19.8 Å². The van der Waals surface area contributed by atoms with Crippen molar-refractivity contribution in [2.45, 2.75) is 52.3 Å². The molecule has 3 rings (SSSR count). The molecule has 1 aliphatic rings. The van der Waals surface area contributed by atoms with Crippen LogP contribution in [0.25, 0.3) is 0 Å². The van der Waals surface area contributed by atoms with Gasteiger partial charge in [0, 0.05) is 32.3 Å². The number of halogens is 3. The number of likely N-dealkylation sites (tertiary alicyclic amines) is 1. The first-order valence-electron chi connectivity index (χ1n) is 10.8. The second-order valence-corrected chi connectivity index (χ2v) is 8.49. The molecular weight excluding hydrogens is 405 g/mol. The van der Waals surface area contributed by atoms with Crippen molar-refractivity contribution in [2.24, 2.45) is 13.0 Å². The second-order valence-electron chi connectivity index (χ2n) is 8.49. The van der Waals surface area contributed by atoms with E-state index in [4.69, 9.17) is 0 Å². The number of aromatic nitrogens is 2. The number of nitrogens with one attached hydrogen (secondary N) is 1. The third-order valence-corrected chi connectivity index (χ3v) is 6.20. The molecule has 170 valence electrons. The fourth-order valence-electron chi connectivity index (χ4n) is 4.29. The van der Waals surface area contributed by atoms with Crippen LogP contribution in [0.15, 0.2) is 24.3 Å². The van der Waals surface area contributed by atoms with E-state index in [-0.39, 0.29) is 5.91 Å². The fraction of sp³-hybridized carbons (Fsp3) is 0.565. The summed E-state index contributed by atoms with van der Waals surface area (Å²) in [6, 6.07) is 5.53. The van der Waals surface area contributed by atoms with Gasteiger partial charge in [-0.15, -0.1) is 0 Å². The molecule has 0 unspecified atom stereocenters. The Morgan fingerprint density at radius 1 is 1.23 bits per heavy atom. The molecule has 1 fully saturated rings. The number of carbonyl (C=O) groups is 1. The van der Waals surface area contributed by atoms with E-state index in [0.29, 0.717) is 31.0 Å². The number of rotatable bonds is 7. The normalized spacial score (nSPS) is 15.9. The van der Waals surface area contributed by atoms with Gasteiger partial charge < -0.3 is 5.32 Å². The Hall–Kier alpha value is -2.35. The molecule has 1 N–H and O–H groups in total. The second kappa shape index (κ2) is 9.85. The lowest BCUT2D eigenvalue weighted by atomic mass is 9.93. The summed E-state index contributed by atoms with van der Waals surface area (Å²) in [6.07, 6.45) is -1.28. The maximum atomic E-state index is 12.9. The first-order chi connectivity index (χ1) is 14.6. The topological polar surface area (TPSA) is 50.2 Å². The highest BCUT2D eigenvalue weighted by Crippen LogP contribution is 2.30. The largest absolute Gasteiger partial charge is 0.416 e. The van der Waals surface area contributed by atoms with E-state index in [9.17, 15) is 18.0 Å². The Morgan fingerprint density at radius 3 is 2.55 bits per heavy atom. The van der Waals surface area contributed by atoms with Gasteiger partial charge in [0.1, 0.15) is 0 Å². The zero-order valence-electron chi connectivity index (χ0n) is 18.4. The molecule has 0 aliphatic carbocycles. The maximum absolute atomic E-state index is 12.9. The minimum atomic E-state index is -4.31. The van der Waals surface area contributed by atoms with Crippen LogP contribution in [0.2, 0.25) is 0 Å². The molecule has 0 radical (unpaired) electrons. The van der Waals surface area contributed by atoms with Gasteiger partial charge in [-0.1, -0.05) is 18.2 Å². The van der Waals surface area contributed by atoms with Gasteiger partial charge in [0.05, 0.1) is 11.3 Å². The Bertz CT molecular complexity index is 899. The zero-order valence-corrected chi connectivity index (χ0v) is 18.4. The van der Waals surface area contributed by atoms with Crippen molar-refractivity contribution in [3.8, 4) is 0 Å². The zero-order chi connectivity index (χ0) is 22.6. The van der Waals surface area contributed by atoms with Gasteiger partial charge in [0.25, 0.3) is 0 Å². The summed E-state index contributed by atoms with van der Waals surface area (Å²) in [5, 5.41) is 7.42. The Morgan fingerprint density at radius 2 is 1.94 bits per heavy atom. The molecule has 31 heavy (non-hydrogen) atoms. The quantitative estimate of drug-likeness (QED) is 0.713. The Balaban J connectivity index is 1.39. The monoisotopic (exact) mass is 436 g/mol. The van der Waals surface area contributed by atoms with E-state index in [2.05, 4.69) is 15.3 Å². The van der Waals surface area contributed by atoms with Crippen molar-refractivity contribution in [3.05, 3.63) is 52.3 Å². The number of nitrogens with zero attached hydrogens (tertiary/aromatic N) is 3. The molecule has 1 amide bonds. The van der Waals surface area contributed by atoms with Crippen LogP contribution in [0.1, 0.15) is 47.3 Å². The van der Waals surface area contributed by atoms with Gasteiger partial charge in [-0.25, -0.2) is 0 Å². The van der Waals surface area contributed by atoms with Crippen molar-refractivity contribution < 1.29 is 18.0 Å². The van der Waals surface area contributed by atoms with Crippen LogP contribution >= 0.6 is 0 Å². The smallest absolute Gasteiger partial charge is 0.356 e. The summed E-state index contributed by atoms with van der Waals surface area (Å²) < 4.78 is 40.5. The lowest BCUT2D eigenvalue weighted by Gasteiger charge is -2.31. The van der Waals surface area contributed by atoms with Crippen molar-refractivity contribution >= 4 is 5.91 Å². The van der Waals surface area contributed by atoms with Crippen molar-refractivity contribution in [2.75, 3.05) is 19.6 Å². The lowest BCUT2D eigenvalue weighted by Crippen LogP contribution is -2.36. The van der Waals surface area contributed by atoms with Crippen LogP contribution in [0.5, 0.6) is 0 Å². The van der Waals surface area contributed by atoms with Gasteiger partial charge in [0.2, 0.25) is 5.91 Å². The van der Waals surface area contributed by atoms with E-state index in [1.165, 1.54) is 17.7 Å². The summed E-state index contributed by atoms with van der Waals surface area (Å²) >= 11 is 0. The molecule has 8 heteroatoms. The van der Waals surface area contributed by atoms with E-state index in [1.54, 1.807) is 6.07 Å². The highest BCUT2D eigenvalue weighted by atomic mass is 19.4. The third-order valence-electron chi connectivity index (χ3n) is 6.20. The lowest BCUT2D eigenvalue weighted by molar-refractivity contribution is -0.137. The molecule has 0 spiro atoms. The standard InChI is InChI=1S/C23H31F3N4O/c1-16-21(17(2)29(3)28-16)7-10-27-22(31)14-18-8-11-30(12-9-18)15-19-5-4-6-20(13-19)23(24,25)26/h4-6,13,18H,7-12,14-15H2,1-3H3,(H,27,31). The van der Waals surface area contributed by atoms with Gasteiger partial charge in [-0.05, 0) is 69.3 Å².